The first-order chi connectivity index (χ1) is 10.1. The average molecular weight is 305 g/mol. The van der Waals surface area contributed by atoms with E-state index < -0.39 is 0 Å². The molecule has 7 heteroatoms. The molecule has 6 nitrogen and oxygen atoms in total. The Morgan fingerprint density at radius 1 is 1.52 bits per heavy atom. The van der Waals surface area contributed by atoms with Crippen LogP contribution in [0.25, 0.3) is 0 Å². The van der Waals surface area contributed by atoms with Crippen molar-refractivity contribution >= 4 is 34.3 Å². The SMILES string of the molecule is CC1CC(N)CCN1CC(=O)Nc1cccc2c1N=S=N2. The van der Waals surface area contributed by atoms with Crippen LogP contribution >= 0.6 is 0 Å². The number of piperidine rings is 1. The quantitative estimate of drug-likeness (QED) is 0.911. The zero-order chi connectivity index (χ0) is 14.8. The van der Waals surface area contributed by atoms with E-state index in [2.05, 4.69) is 25.9 Å². The number of hydrogen-bond donors (Lipinski definition) is 2. The number of amides is 1. The summed E-state index contributed by atoms with van der Waals surface area (Å²) in [6.07, 6.45) is 1.89. The minimum atomic E-state index is -0.0159. The Kier molecular flexibility index (Phi) is 4.14. The summed E-state index contributed by atoms with van der Waals surface area (Å²) in [5.41, 5.74) is 8.25. The Morgan fingerprint density at radius 3 is 3.19 bits per heavy atom. The van der Waals surface area contributed by atoms with Gasteiger partial charge in [-0.05, 0) is 31.9 Å². The second kappa shape index (κ2) is 6.05. The lowest BCUT2D eigenvalue weighted by Gasteiger charge is -2.35. The van der Waals surface area contributed by atoms with Gasteiger partial charge in [0.15, 0.2) is 0 Å². The van der Waals surface area contributed by atoms with Crippen molar-refractivity contribution in [1.82, 2.24) is 4.90 Å². The van der Waals surface area contributed by atoms with Gasteiger partial charge in [0.25, 0.3) is 0 Å². The molecule has 3 rings (SSSR count). The van der Waals surface area contributed by atoms with Gasteiger partial charge in [-0.2, -0.15) is 8.73 Å². The maximum Gasteiger partial charge on any atom is 0.238 e. The van der Waals surface area contributed by atoms with E-state index in [0.29, 0.717) is 12.6 Å². The van der Waals surface area contributed by atoms with Gasteiger partial charge in [-0.3, -0.25) is 9.69 Å². The number of nitrogens with one attached hydrogen (secondary N) is 1. The number of carbonyl (C=O) groups excluding carboxylic acids is 1. The summed E-state index contributed by atoms with van der Waals surface area (Å²) in [6.45, 7) is 3.39. The molecule has 0 aliphatic carbocycles. The number of benzene rings is 1. The van der Waals surface area contributed by atoms with Gasteiger partial charge >= 0.3 is 0 Å². The van der Waals surface area contributed by atoms with Crippen LogP contribution in [0.4, 0.5) is 17.1 Å². The van der Waals surface area contributed by atoms with Gasteiger partial charge in [-0.1, -0.05) is 6.07 Å². The summed E-state index contributed by atoms with van der Waals surface area (Å²) in [5.74, 6) is -0.0159. The first kappa shape index (κ1) is 14.4. The molecule has 0 radical (unpaired) electrons. The first-order valence-electron chi connectivity index (χ1n) is 7.14. The molecule has 2 aliphatic heterocycles. The summed E-state index contributed by atoms with van der Waals surface area (Å²) in [5, 5.41) is 2.94. The van der Waals surface area contributed by atoms with E-state index in [1.807, 2.05) is 18.2 Å². The molecule has 0 spiro atoms. The fourth-order valence-corrected chi connectivity index (χ4v) is 3.32. The number of carbonyl (C=O) groups is 1. The van der Waals surface area contributed by atoms with E-state index >= 15 is 0 Å². The molecule has 0 saturated carbocycles. The summed E-state index contributed by atoms with van der Waals surface area (Å²) in [7, 11) is 0. The molecule has 2 unspecified atom stereocenters. The lowest BCUT2D eigenvalue weighted by molar-refractivity contribution is -0.118. The van der Waals surface area contributed by atoms with Gasteiger partial charge in [0, 0.05) is 18.6 Å². The molecule has 2 aliphatic rings. The van der Waals surface area contributed by atoms with Crippen LogP contribution in [0.2, 0.25) is 0 Å². The highest BCUT2D eigenvalue weighted by Crippen LogP contribution is 2.38. The van der Waals surface area contributed by atoms with Crippen molar-refractivity contribution in [2.75, 3.05) is 18.4 Å². The van der Waals surface area contributed by atoms with E-state index in [4.69, 9.17) is 5.73 Å². The van der Waals surface area contributed by atoms with Crippen LogP contribution in [0.3, 0.4) is 0 Å². The number of hydrogen-bond acceptors (Lipinski definition) is 5. The van der Waals surface area contributed by atoms with Crippen molar-refractivity contribution in [3.63, 3.8) is 0 Å². The third-order valence-corrected chi connectivity index (χ3v) is 4.50. The van der Waals surface area contributed by atoms with Crippen molar-refractivity contribution in [2.24, 2.45) is 14.5 Å². The Bertz CT molecular complexity index is 626. The van der Waals surface area contributed by atoms with Crippen molar-refractivity contribution in [3.8, 4) is 0 Å². The summed E-state index contributed by atoms with van der Waals surface area (Å²) in [4.78, 5) is 14.4. The molecule has 3 N–H and O–H groups in total. The molecule has 1 aromatic rings. The fraction of sp³-hybridized carbons (Fsp3) is 0.500. The number of anilines is 1. The standard InChI is InChI=1S/C14H19N5OS/c1-9-7-10(15)5-6-19(9)8-13(20)16-11-3-2-4-12-14(11)18-21-17-12/h2-4,9-10H,5-8,15H2,1H3,(H,16,20). The van der Waals surface area contributed by atoms with E-state index in [-0.39, 0.29) is 11.9 Å². The second-order valence-electron chi connectivity index (χ2n) is 5.59. The third kappa shape index (κ3) is 3.20. The monoisotopic (exact) mass is 305 g/mol. The van der Waals surface area contributed by atoms with Gasteiger partial charge in [-0.15, -0.1) is 0 Å². The lowest BCUT2D eigenvalue weighted by Crippen LogP contribution is -2.48. The van der Waals surface area contributed by atoms with Crippen LogP contribution in [0.5, 0.6) is 0 Å². The Labute approximate surface area is 127 Å². The Hall–Kier alpha value is -1.57. The highest BCUT2D eigenvalue weighted by molar-refractivity contribution is 7.58. The molecule has 0 aromatic heterocycles. The van der Waals surface area contributed by atoms with Gasteiger partial charge in [0.05, 0.1) is 23.6 Å². The fourth-order valence-electron chi connectivity index (χ4n) is 2.77. The zero-order valence-corrected chi connectivity index (χ0v) is 12.8. The van der Waals surface area contributed by atoms with Crippen LogP contribution in [0.1, 0.15) is 19.8 Å². The maximum absolute atomic E-state index is 12.2. The van der Waals surface area contributed by atoms with Crippen LogP contribution < -0.4 is 11.1 Å². The van der Waals surface area contributed by atoms with Crippen LogP contribution in [0.15, 0.2) is 26.9 Å². The van der Waals surface area contributed by atoms with E-state index in [1.165, 1.54) is 0 Å². The number of nitrogens with zero attached hydrogens (tertiary/aromatic N) is 3. The molecule has 0 bridgehead atoms. The summed E-state index contributed by atoms with van der Waals surface area (Å²) in [6, 6.07) is 6.23. The van der Waals surface area contributed by atoms with E-state index in [1.54, 1.807) is 0 Å². The van der Waals surface area contributed by atoms with Gasteiger partial charge in [0.2, 0.25) is 5.91 Å². The Morgan fingerprint density at radius 2 is 2.38 bits per heavy atom. The van der Waals surface area contributed by atoms with Crippen molar-refractivity contribution in [3.05, 3.63) is 18.2 Å². The predicted molar refractivity (Wildman–Crippen MR) is 84.9 cm³/mol. The molecule has 1 aromatic carbocycles. The van der Waals surface area contributed by atoms with Crippen LogP contribution in [-0.4, -0.2) is 36.0 Å². The molecule has 112 valence electrons. The minimum absolute atomic E-state index is 0.0159. The number of rotatable bonds is 3. The lowest BCUT2D eigenvalue weighted by atomic mass is 9.99. The highest BCUT2D eigenvalue weighted by Gasteiger charge is 2.25. The molecule has 1 saturated heterocycles. The third-order valence-electron chi connectivity index (χ3n) is 3.96. The van der Waals surface area contributed by atoms with Crippen LogP contribution in [-0.2, 0) is 16.1 Å². The second-order valence-corrected chi connectivity index (χ2v) is 6.12. The number of likely N-dealkylation sites (tertiary alicyclic amines) is 1. The molecule has 2 heterocycles. The van der Waals surface area contributed by atoms with Gasteiger partial charge < -0.3 is 11.1 Å². The number of nitrogens with two attached hydrogens (primary N) is 1. The molecular weight excluding hydrogens is 286 g/mol. The molecule has 1 amide bonds. The average Bonchev–Trinajstić information content (AvgIpc) is 2.91. The zero-order valence-electron chi connectivity index (χ0n) is 12.0. The molecule has 2 atom stereocenters. The predicted octanol–water partition coefficient (Wildman–Crippen LogP) is 2.16. The van der Waals surface area contributed by atoms with Gasteiger partial charge in [-0.25, -0.2) is 0 Å². The van der Waals surface area contributed by atoms with E-state index in [9.17, 15) is 4.79 Å². The highest BCUT2D eigenvalue weighted by atomic mass is 32.1. The summed E-state index contributed by atoms with van der Waals surface area (Å²) >= 11 is 1.15. The maximum atomic E-state index is 12.2. The first-order valence-corrected chi connectivity index (χ1v) is 7.87. The Balaban J connectivity index is 1.63. The van der Waals surface area contributed by atoms with Crippen molar-refractivity contribution < 1.29 is 4.79 Å². The number of fused-ring (bicyclic) bond motifs is 1. The smallest absolute Gasteiger partial charge is 0.238 e. The van der Waals surface area contributed by atoms with E-state index in [0.717, 1.165) is 47.8 Å². The minimum Gasteiger partial charge on any atom is -0.328 e. The van der Waals surface area contributed by atoms with Crippen molar-refractivity contribution in [2.45, 2.75) is 31.8 Å². The molecule has 21 heavy (non-hydrogen) atoms. The van der Waals surface area contributed by atoms with Crippen molar-refractivity contribution in [1.29, 1.82) is 0 Å². The van der Waals surface area contributed by atoms with Gasteiger partial charge in [0.1, 0.15) is 11.4 Å². The van der Waals surface area contributed by atoms with Crippen LogP contribution in [0, 0.1) is 0 Å². The molecular formula is C14H19N5OS. The largest absolute Gasteiger partial charge is 0.328 e. The normalized spacial score (nSPS) is 24.5. The molecule has 1 fully saturated rings. The summed E-state index contributed by atoms with van der Waals surface area (Å²) < 4.78 is 8.41. The topological polar surface area (TPSA) is 83.1 Å².